The molecule has 140 valence electrons. The minimum Gasteiger partial charge on any atom is -0.454 e. The first-order valence-electron chi connectivity index (χ1n) is 9.11. The van der Waals surface area contributed by atoms with Gasteiger partial charge in [0.05, 0.1) is 6.04 Å². The van der Waals surface area contributed by atoms with Gasteiger partial charge in [-0.15, -0.1) is 0 Å². The zero-order valence-electron chi connectivity index (χ0n) is 15.2. The summed E-state index contributed by atoms with van der Waals surface area (Å²) in [5.41, 5.74) is 0.975. The summed E-state index contributed by atoms with van der Waals surface area (Å²) in [5, 5.41) is 5.87. The van der Waals surface area contributed by atoms with Gasteiger partial charge in [0, 0.05) is 6.54 Å². The molecular formula is C21H22N2O4. The van der Waals surface area contributed by atoms with E-state index in [1.165, 1.54) is 0 Å². The molecule has 1 saturated carbocycles. The summed E-state index contributed by atoms with van der Waals surface area (Å²) in [5.74, 6) is 0.954. The Bertz CT molecular complexity index is 862. The molecular weight excluding hydrogens is 344 g/mol. The van der Waals surface area contributed by atoms with Crippen LogP contribution in [0.2, 0.25) is 0 Å². The lowest BCUT2D eigenvalue weighted by Gasteiger charge is -2.20. The van der Waals surface area contributed by atoms with Crippen molar-refractivity contribution in [3.05, 3.63) is 59.7 Å². The topological polar surface area (TPSA) is 76.7 Å². The summed E-state index contributed by atoms with van der Waals surface area (Å²) < 4.78 is 10.6. The Kier molecular flexibility index (Phi) is 4.48. The summed E-state index contributed by atoms with van der Waals surface area (Å²) in [6.45, 7) is 2.49. The number of carbonyl (C=O) groups is 2. The van der Waals surface area contributed by atoms with Gasteiger partial charge in [0.15, 0.2) is 11.5 Å². The molecule has 2 amide bonds. The number of ether oxygens (including phenoxy) is 2. The lowest BCUT2D eigenvalue weighted by Crippen LogP contribution is -2.43. The van der Waals surface area contributed by atoms with E-state index in [0.29, 0.717) is 30.9 Å². The number of fused-ring (bicyclic) bond motifs is 1. The molecule has 0 spiro atoms. The van der Waals surface area contributed by atoms with E-state index in [0.717, 1.165) is 11.1 Å². The summed E-state index contributed by atoms with van der Waals surface area (Å²) >= 11 is 0. The Labute approximate surface area is 157 Å². The molecule has 4 rings (SSSR count). The van der Waals surface area contributed by atoms with Crippen molar-refractivity contribution >= 4 is 11.8 Å². The summed E-state index contributed by atoms with van der Waals surface area (Å²) in [6.07, 6.45) is 1.15. The van der Waals surface area contributed by atoms with Crippen molar-refractivity contribution < 1.29 is 19.1 Å². The van der Waals surface area contributed by atoms with Gasteiger partial charge in [0.2, 0.25) is 18.6 Å². The van der Waals surface area contributed by atoms with Crippen molar-refractivity contribution in [2.45, 2.75) is 32.4 Å². The molecule has 0 saturated heterocycles. The fourth-order valence-electron chi connectivity index (χ4n) is 3.24. The van der Waals surface area contributed by atoms with Gasteiger partial charge in [0.25, 0.3) is 0 Å². The second-order valence-electron chi connectivity index (χ2n) is 7.06. The smallest absolute Gasteiger partial charge is 0.236 e. The van der Waals surface area contributed by atoms with Crippen molar-refractivity contribution in [1.82, 2.24) is 10.6 Å². The van der Waals surface area contributed by atoms with Gasteiger partial charge in [-0.05, 0) is 43.0 Å². The Morgan fingerprint density at radius 3 is 2.52 bits per heavy atom. The fourth-order valence-corrected chi connectivity index (χ4v) is 3.24. The summed E-state index contributed by atoms with van der Waals surface area (Å²) in [6, 6.07) is 15.1. The zero-order chi connectivity index (χ0) is 18.9. The van der Waals surface area contributed by atoms with Crippen molar-refractivity contribution in [1.29, 1.82) is 0 Å². The van der Waals surface area contributed by atoms with Crippen molar-refractivity contribution in [2.24, 2.45) is 5.41 Å². The molecule has 1 fully saturated rings. The quantitative estimate of drug-likeness (QED) is 0.771. The van der Waals surface area contributed by atoms with Crippen LogP contribution in [0, 0.1) is 5.41 Å². The van der Waals surface area contributed by atoms with E-state index in [4.69, 9.17) is 9.47 Å². The van der Waals surface area contributed by atoms with E-state index in [1.807, 2.05) is 55.5 Å². The third-order valence-electron chi connectivity index (χ3n) is 5.16. The molecule has 2 aromatic carbocycles. The molecule has 1 heterocycles. The minimum atomic E-state index is -0.945. The van der Waals surface area contributed by atoms with E-state index in [9.17, 15) is 9.59 Å². The van der Waals surface area contributed by atoms with Crippen molar-refractivity contribution in [3.8, 4) is 11.5 Å². The lowest BCUT2D eigenvalue weighted by atomic mass is 10.0. The van der Waals surface area contributed by atoms with Crippen LogP contribution in [0.4, 0.5) is 0 Å². The molecule has 27 heavy (non-hydrogen) atoms. The maximum atomic E-state index is 12.7. The number of carbonyl (C=O) groups excluding carboxylic acids is 2. The predicted octanol–water partition coefficient (Wildman–Crippen LogP) is 2.69. The standard InChI is InChI=1S/C21H22N2O4/c1-14(16-5-3-2-4-6-16)23-20(25)21(9-10-21)19(24)22-12-15-7-8-17-18(11-15)27-13-26-17/h2-8,11,14H,9-10,12-13H2,1H3,(H,22,24)(H,23,25). The summed E-state index contributed by atoms with van der Waals surface area (Å²) in [7, 11) is 0. The van der Waals surface area contributed by atoms with Gasteiger partial charge in [-0.3, -0.25) is 9.59 Å². The molecule has 2 aliphatic rings. The van der Waals surface area contributed by atoms with Gasteiger partial charge >= 0.3 is 0 Å². The number of hydrogen-bond acceptors (Lipinski definition) is 4. The van der Waals surface area contributed by atoms with Gasteiger partial charge in [-0.2, -0.15) is 0 Å². The zero-order valence-corrected chi connectivity index (χ0v) is 15.2. The summed E-state index contributed by atoms with van der Waals surface area (Å²) in [4.78, 5) is 25.4. The molecule has 6 heteroatoms. The van der Waals surface area contributed by atoms with E-state index >= 15 is 0 Å². The predicted molar refractivity (Wildman–Crippen MR) is 99.1 cm³/mol. The van der Waals surface area contributed by atoms with Gasteiger partial charge in [0.1, 0.15) is 5.41 Å². The number of hydrogen-bond donors (Lipinski definition) is 2. The first-order valence-corrected chi connectivity index (χ1v) is 9.11. The molecule has 2 N–H and O–H groups in total. The SMILES string of the molecule is CC(NC(=O)C1(C(=O)NCc2ccc3c(c2)OCO3)CC1)c1ccccc1. The van der Waals surface area contributed by atoms with Gasteiger partial charge in [-0.1, -0.05) is 36.4 Å². The normalized spacial score (nSPS) is 17.1. The van der Waals surface area contributed by atoms with E-state index in [-0.39, 0.29) is 24.6 Å². The Balaban J connectivity index is 1.36. The molecule has 6 nitrogen and oxygen atoms in total. The average Bonchev–Trinajstić information content (AvgIpc) is 3.38. The Morgan fingerprint density at radius 1 is 1.04 bits per heavy atom. The number of benzene rings is 2. The third kappa shape index (κ3) is 3.47. The number of nitrogens with one attached hydrogen (secondary N) is 2. The molecule has 0 bridgehead atoms. The van der Waals surface area contributed by atoms with E-state index < -0.39 is 5.41 Å². The second kappa shape index (κ2) is 6.95. The molecule has 1 aliphatic carbocycles. The minimum absolute atomic E-state index is 0.141. The maximum absolute atomic E-state index is 12.7. The largest absolute Gasteiger partial charge is 0.454 e. The van der Waals surface area contributed by atoms with Crippen LogP contribution < -0.4 is 20.1 Å². The maximum Gasteiger partial charge on any atom is 0.236 e. The first kappa shape index (κ1) is 17.4. The van der Waals surface area contributed by atoms with E-state index in [1.54, 1.807) is 0 Å². The van der Waals surface area contributed by atoms with E-state index in [2.05, 4.69) is 10.6 Å². The van der Waals surface area contributed by atoms with Crippen molar-refractivity contribution in [3.63, 3.8) is 0 Å². The lowest BCUT2D eigenvalue weighted by molar-refractivity contribution is -0.137. The van der Waals surface area contributed by atoms with Gasteiger partial charge in [-0.25, -0.2) is 0 Å². The van der Waals surface area contributed by atoms with Crippen LogP contribution in [-0.2, 0) is 16.1 Å². The Hall–Kier alpha value is -3.02. The van der Waals surface area contributed by atoms with Crippen LogP contribution in [0.3, 0.4) is 0 Å². The highest BCUT2D eigenvalue weighted by Crippen LogP contribution is 2.46. The molecule has 0 radical (unpaired) electrons. The molecule has 0 aromatic heterocycles. The fraction of sp³-hybridized carbons (Fsp3) is 0.333. The molecule has 1 aliphatic heterocycles. The average molecular weight is 366 g/mol. The highest BCUT2D eigenvalue weighted by atomic mass is 16.7. The number of rotatable bonds is 6. The van der Waals surface area contributed by atoms with Crippen LogP contribution in [0.25, 0.3) is 0 Å². The monoisotopic (exact) mass is 366 g/mol. The van der Waals surface area contributed by atoms with Crippen LogP contribution in [0.1, 0.15) is 36.9 Å². The highest BCUT2D eigenvalue weighted by Gasteiger charge is 2.56. The number of amides is 2. The second-order valence-corrected chi connectivity index (χ2v) is 7.06. The molecule has 1 atom stereocenters. The van der Waals surface area contributed by atoms with Gasteiger partial charge < -0.3 is 20.1 Å². The molecule has 2 aromatic rings. The highest BCUT2D eigenvalue weighted by molar-refractivity contribution is 6.07. The first-order chi connectivity index (χ1) is 13.1. The third-order valence-corrected chi connectivity index (χ3v) is 5.16. The van der Waals surface area contributed by atoms with Crippen LogP contribution in [-0.4, -0.2) is 18.6 Å². The van der Waals surface area contributed by atoms with Crippen molar-refractivity contribution in [2.75, 3.05) is 6.79 Å². The van der Waals surface area contributed by atoms with Crippen LogP contribution in [0.5, 0.6) is 11.5 Å². The van der Waals surface area contributed by atoms with Crippen LogP contribution >= 0.6 is 0 Å². The molecule has 1 unspecified atom stereocenters. The van der Waals surface area contributed by atoms with Crippen LogP contribution in [0.15, 0.2) is 48.5 Å². The Morgan fingerprint density at radius 2 is 1.78 bits per heavy atom.